The number of nitrogens with one attached hydrogen (secondary N) is 1. The topological polar surface area (TPSA) is 32.3 Å². The van der Waals surface area contributed by atoms with Gasteiger partial charge in [0, 0.05) is 13.1 Å². The fourth-order valence-corrected chi connectivity index (χ4v) is 3.62. The van der Waals surface area contributed by atoms with E-state index in [1.165, 1.54) is 29.8 Å². The zero-order chi connectivity index (χ0) is 21.3. The van der Waals surface area contributed by atoms with Crippen molar-refractivity contribution in [2.75, 3.05) is 16.8 Å². The molecule has 3 aromatic rings. The quantitative estimate of drug-likeness (QED) is 0.561. The molecule has 0 fully saturated rings. The Morgan fingerprint density at radius 2 is 1.63 bits per heavy atom. The van der Waals surface area contributed by atoms with Gasteiger partial charge in [0.25, 0.3) is 5.91 Å². The monoisotopic (exact) mass is 414 g/mol. The molecule has 0 aromatic heterocycles. The molecule has 1 aliphatic rings. The fraction of sp³-hybridized carbons (Fsp3) is 0.174. The maximum atomic E-state index is 14.0. The molecule has 0 aliphatic carbocycles. The van der Waals surface area contributed by atoms with Crippen molar-refractivity contribution in [2.45, 2.75) is 19.1 Å². The van der Waals surface area contributed by atoms with Gasteiger partial charge in [-0.25, -0.2) is 4.39 Å². The molecule has 3 aromatic carbocycles. The van der Waals surface area contributed by atoms with Crippen LogP contribution in [0.1, 0.15) is 27.0 Å². The van der Waals surface area contributed by atoms with Crippen LogP contribution in [0, 0.1) is 5.82 Å². The predicted octanol–water partition coefficient (Wildman–Crippen LogP) is 5.66. The Bertz CT molecular complexity index is 1090. The van der Waals surface area contributed by atoms with Crippen molar-refractivity contribution < 1.29 is 22.4 Å². The van der Waals surface area contributed by atoms with Crippen LogP contribution >= 0.6 is 0 Å². The maximum Gasteiger partial charge on any atom is 0.416 e. The summed E-state index contributed by atoms with van der Waals surface area (Å²) in [6.45, 7) is 1.09. The molecule has 0 bridgehead atoms. The molecule has 1 heterocycles. The lowest BCUT2D eigenvalue weighted by molar-refractivity contribution is -0.137. The summed E-state index contributed by atoms with van der Waals surface area (Å²) in [5, 5.41) is 2.48. The highest BCUT2D eigenvalue weighted by Crippen LogP contribution is 2.37. The first-order valence-corrected chi connectivity index (χ1v) is 9.42. The van der Waals surface area contributed by atoms with E-state index in [0.29, 0.717) is 18.8 Å². The van der Waals surface area contributed by atoms with Crippen molar-refractivity contribution in [3.63, 3.8) is 0 Å². The van der Waals surface area contributed by atoms with Crippen LogP contribution in [-0.2, 0) is 19.1 Å². The molecule has 1 amide bonds. The lowest BCUT2D eigenvalue weighted by atomic mass is 9.99. The first kappa shape index (κ1) is 19.9. The Balaban J connectivity index is 1.70. The van der Waals surface area contributed by atoms with Gasteiger partial charge in [-0.2, -0.15) is 13.2 Å². The summed E-state index contributed by atoms with van der Waals surface area (Å²) in [7, 11) is 0. The first-order valence-electron chi connectivity index (χ1n) is 9.42. The van der Waals surface area contributed by atoms with Gasteiger partial charge in [-0.1, -0.05) is 36.4 Å². The molecular weight excluding hydrogens is 396 g/mol. The molecule has 0 atom stereocenters. The summed E-state index contributed by atoms with van der Waals surface area (Å²) in [5.41, 5.74) is 1.62. The molecule has 30 heavy (non-hydrogen) atoms. The van der Waals surface area contributed by atoms with Gasteiger partial charge in [-0.15, -0.1) is 0 Å². The average Bonchev–Trinajstić information content (AvgIpc) is 2.73. The van der Waals surface area contributed by atoms with Crippen LogP contribution in [0.4, 0.5) is 28.9 Å². The van der Waals surface area contributed by atoms with Crippen LogP contribution < -0.4 is 10.2 Å². The van der Waals surface area contributed by atoms with Gasteiger partial charge in [0.1, 0.15) is 5.82 Å². The summed E-state index contributed by atoms with van der Waals surface area (Å²) in [4.78, 5) is 14.5. The first-order chi connectivity index (χ1) is 14.3. The molecule has 3 nitrogen and oxygen atoms in total. The molecule has 0 unspecified atom stereocenters. The highest BCUT2D eigenvalue weighted by atomic mass is 19.4. The second-order valence-electron chi connectivity index (χ2n) is 7.10. The van der Waals surface area contributed by atoms with E-state index >= 15 is 0 Å². The van der Waals surface area contributed by atoms with E-state index in [0.717, 1.165) is 30.2 Å². The summed E-state index contributed by atoms with van der Waals surface area (Å²) in [6, 6.07) is 16.5. The van der Waals surface area contributed by atoms with Crippen molar-refractivity contribution in [3.8, 4) is 0 Å². The molecule has 7 heteroatoms. The zero-order valence-electron chi connectivity index (χ0n) is 15.8. The Hall–Kier alpha value is -3.35. The molecular formula is C23H18F4N2O. The summed E-state index contributed by atoms with van der Waals surface area (Å²) in [5.74, 6) is -1.54. The molecule has 1 N–H and O–H groups in total. The number of hydrogen-bond donors (Lipinski definition) is 1. The smallest absolute Gasteiger partial charge is 0.365 e. The number of anilines is 2. The number of nitrogens with zero attached hydrogens (tertiary/aromatic N) is 1. The number of benzene rings is 3. The van der Waals surface area contributed by atoms with Gasteiger partial charge in [0.2, 0.25) is 0 Å². The van der Waals surface area contributed by atoms with Crippen LogP contribution in [0.5, 0.6) is 0 Å². The second kappa shape index (κ2) is 7.82. The maximum absolute atomic E-state index is 14.0. The van der Waals surface area contributed by atoms with Crippen LogP contribution in [-0.4, -0.2) is 12.5 Å². The average molecular weight is 414 g/mol. The number of carbonyl (C=O) groups excluding carboxylic acids is 1. The van der Waals surface area contributed by atoms with Crippen LogP contribution in [0.2, 0.25) is 0 Å². The van der Waals surface area contributed by atoms with Gasteiger partial charge in [0.15, 0.2) is 0 Å². The normalized spacial score (nSPS) is 13.7. The van der Waals surface area contributed by atoms with Crippen molar-refractivity contribution in [1.29, 1.82) is 0 Å². The number of halogens is 4. The van der Waals surface area contributed by atoms with Crippen molar-refractivity contribution in [1.82, 2.24) is 0 Å². The predicted molar refractivity (Wildman–Crippen MR) is 107 cm³/mol. The van der Waals surface area contributed by atoms with Gasteiger partial charge in [-0.05, 0) is 47.9 Å². The third-order valence-electron chi connectivity index (χ3n) is 5.16. The number of amides is 1. The third-order valence-corrected chi connectivity index (χ3v) is 5.16. The van der Waals surface area contributed by atoms with E-state index in [9.17, 15) is 22.4 Å². The largest absolute Gasteiger partial charge is 0.416 e. The van der Waals surface area contributed by atoms with E-state index < -0.39 is 23.5 Å². The van der Waals surface area contributed by atoms with Gasteiger partial charge < -0.3 is 10.2 Å². The molecule has 0 radical (unpaired) electrons. The Morgan fingerprint density at radius 1 is 0.933 bits per heavy atom. The Kier molecular flexibility index (Phi) is 5.20. The third kappa shape index (κ3) is 4.01. The molecule has 0 saturated carbocycles. The van der Waals surface area contributed by atoms with Crippen molar-refractivity contribution in [3.05, 3.63) is 94.8 Å². The van der Waals surface area contributed by atoms with E-state index in [1.54, 1.807) is 0 Å². The van der Waals surface area contributed by atoms with Gasteiger partial charge >= 0.3 is 6.18 Å². The Labute approximate surface area is 170 Å². The van der Waals surface area contributed by atoms with E-state index in [1.807, 2.05) is 29.2 Å². The van der Waals surface area contributed by atoms with Gasteiger partial charge in [0.05, 0.1) is 22.5 Å². The van der Waals surface area contributed by atoms with Crippen molar-refractivity contribution >= 4 is 17.3 Å². The standard InChI is InChI=1S/C23H18F4N2O/c24-19-8-4-3-7-18(19)22(30)28-20-13-17(23(25,26)27)9-10-21(20)29-12-11-15-5-1-2-6-16(15)14-29/h1-10,13H,11-12,14H2,(H,28,30). The van der Waals surface area contributed by atoms with Crippen molar-refractivity contribution in [2.24, 2.45) is 0 Å². The number of rotatable bonds is 3. The van der Waals surface area contributed by atoms with Gasteiger partial charge in [-0.3, -0.25) is 4.79 Å². The minimum absolute atomic E-state index is 0.00235. The van der Waals surface area contributed by atoms with E-state index in [4.69, 9.17) is 0 Å². The summed E-state index contributed by atoms with van der Waals surface area (Å²) < 4.78 is 53.8. The minimum atomic E-state index is -4.56. The van der Waals surface area contributed by atoms with Crippen LogP contribution in [0.3, 0.4) is 0 Å². The number of hydrogen-bond acceptors (Lipinski definition) is 2. The number of fused-ring (bicyclic) bond motifs is 1. The lowest BCUT2D eigenvalue weighted by Crippen LogP contribution is -2.31. The number of alkyl halides is 3. The fourth-order valence-electron chi connectivity index (χ4n) is 3.62. The molecule has 4 rings (SSSR count). The molecule has 1 aliphatic heterocycles. The van der Waals surface area contributed by atoms with Crippen LogP contribution in [0.25, 0.3) is 0 Å². The minimum Gasteiger partial charge on any atom is -0.365 e. The molecule has 0 saturated heterocycles. The van der Waals surface area contributed by atoms with Crippen LogP contribution in [0.15, 0.2) is 66.7 Å². The highest BCUT2D eigenvalue weighted by Gasteiger charge is 2.32. The Morgan fingerprint density at radius 3 is 2.37 bits per heavy atom. The summed E-state index contributed by atoms with van der Waals surface area (Å²) in [6.07, 6.45) is -3.83. The number of carbonyl (C=O) groups is 1. The summed E-state index contributed by atoms with van der Waals surface area (Å²) >= 11 is 0. The lowest BCUT2D eigenvalue weighted by Gasteiger charge is -2.32. The molecule has 154 valence electrons. The second-order valence-corrected chi connectivity index (χ2v) is 7.10. The SMILES string of the molecule is O=C(Nc1cc(C(F)(F)F)ccc1N1CCc2ccccc2C1)c1ccccc1F. The van der Waals surface area contributed by atoms with E-state index in [2.05, 4.69) is 5.32 Å². The zero-order valence-corrected chi connectivity index (χ0v) is 15.8. The molecule has 0 spiro atoms. The highest BCUT2D eigenvalue weighted by molar-refractivity contribution is 6.06. The van der Waals surface area contributed by atoms with E-state index in [-0.39, 0.29) is 11.3 Å².